The second-order valence-corrected chi connectivity index (χ2v) is 6.44. The molecular weight excluding hydrogens is 364 g/mol. The van der Waals surface area contributed by atoms with Crippen LogP contribution in [0.5, 0.6) is 5.75 Å². The van der Waals surface area contributed by atoms with E-state index in [1.807, 2.05) is 56.3 Å². The summed E-state index contributed by atoms with van der Waals surface area (Å²) in [5.74, 6) is 1.56. The number of nitrogens with zero attached hydrogens (tertiary/aromatic N) is 3. The molecule has 27 heavy (non-hydrogen) atoms. The van der Waals surface area contributed by atoms with Crippen molar-refractivity contribution in [3.05, 3.63) is 59.2 Å². The number of aryl methyl sites for hydroxylation is 1. The molecule has 7 heteroatoms. The predicted molar refractivity (Wildman–Crippen MR) is 104 cm³/mol. The van der Waals surface area contributed by atoms with E-state index in [0.717, 1.165) is 22.4 Å². The summed E-state index contributed by atoms with van der Waals surface area (Å²) >= 11 is 6.31. The SMILES string of the molecule is CCOc1ccc(-c2[nH]ncc2-c2nc(-c3cccc(C)c3)no2)cc1Cl. The minimum absolute atomic E-state index is 0.389. The fourth-order valence-electron chi connectivity index (χ4n) is 2.83. The minimum atomic E-state index is 0.389. The summed E-state index contributed by atoms with van der Waals surface area (Å²) in [6, 6.07) is 13.5. The summed E-state index contributed by atoms with van der Waals surface area (Å²) in [5, 5.41) is 11.7. The number of H-pyrrole nitrogens is 1. The first-order valence-electron chi connectivity index (χ1n) is 8.53. The van der Waals surface area contributed by atoms with E-state index < -0.39 is 0 Å². The van der Waals surface area contributed by atoms with Crippen LogP contribution in [0.2, 0.25) is 5.02 Å². The van der Waals surface area contributed by atoms with Crippen LogP contribution in [0, 0.1) is 6.92 Å². The number of ether oxygens (including phenoxy) is 1. The fourth-order valence-corrected chi connectivity index (χ4v) is 3.07. The average molecular weight is 381 g/mol. The van der Waals surface area contributed by atoms with Crippen LogP contribution < -0.4 is 4.74 Å². The van der Waals surface area contributed by atoms with Crippen molar-refractivity contribution in [2.75, 3.05) is 6.61 Å². The van der Waals surface area contributed by atoms with Gasteiger partial charge in [0.15, 0.2) is 0 Å². The third kappa shape index (κ3) is 3.44. The minimum Gasteiger partial charge on any atom is -0.492 e. The molecule has 4 rings (SSSR count). The van der Waals surface area contributed by atoms with Crippen LogP contribution in [0.1, 0.15) is 12.5 Å². The summed E-state index contributed by atoms with van der Waals surface area (Å²) in [5.41, 5.74) is 4.35. The Hall–Kier alpha value is -3.12. The third-order valence-electron chi connectivity index (χ3n) is 4.09. The van der Waals surface area contributed by atoms with Gasteiger partial charge in [0, 0.05) is 11.1 Å². The van der Waals surface area contributed by atoms with E-state index >= 15 is 0 Å². The van der Waals surface area contributed by atoms with E-state index in [1.165, 1.54) is 0 Å². The number of halogens is 1. The van der Waals surface area contributed by atoms with Crippen molar-refractivity contribution in [1.29, 1.82) is 0 Å². The van der Waals surface area contributed by atoms with Crippen LogP contribution in [0.4, 0.5) is 0 Å². The van der Waals surface area contributed by atoms with E-state index in [2.05, 4.69) is 20.3 Å². The number of rotatable bonds is 5. The quantitative estimate of drug-likeness (QED) is 0.517. The molecule has 0 saturated heterocycles. The molecule has 1 N–H and O–H groups in total. The third-order valence-corrected chi connectivity index (χ3v) is 4.39. The van der Waals surface area contributed by atoms with Gasteiger partial charge in [-0.15, -0.1) is 0 Å². The molecule has 0 bridgehead atoms. The van der Waals surface area contributed by atoms with Crippen molar-refractivity contribution >= 4 is 11.6 Å². The smallest absolute Gasteiger partial charge is 0.262 e. The molecule has 0 aliphatic rings. The van der Waals surface area contributed by atoms with Crippen molar-refractivity contribution < 1.29 is 9.26 Å². The summed E-state index contributed by atoms with van der Waals surface area (Å²) in [6.07, 6.45) is 1.66. The van der Waals surface area contributed by atoms with Crippen molar-refractivity contribution in [2.45, 2.75) is 13.8 Å². The second-order valence-electron chi connectivity index (χ2n) is 6.03. The predicted octanol–water partition coefficient (Wildman–Crippen LogP) is 5.15. The highest BCUT2D eigenvalue weighted by Crippen LogP contribution is 2.34. The van der Waals surface area contributed by atoms with Crippen LogP contribution in [0.25, 0.3) is 34.1 Å². The summed E-state index contributed by atoms with van der Waals surface area (Å²) in [6.45, 7) is 4.49. The maximum Gasteiger partial charge on any atom is 0.262 e. The zero-order chi connectivity index (χ0) is 18.8. The van der Waals surface area contributed by atoms with Gasteiger partial charge in [0.25, 0.3) is 5.89 Å². The molecule has 6 nitrogen and oxygen atoms in total. The van der Waals surface area contributed by atoms with Crippen molar-refractivity contribution in [2.24, 2.45) is 0 Å². The van der Waals surface area contributed by atoms with Gasteiger partial charge in [-0.05, 0) is 38.1 Å². The second kappa shape index (κ2) is 7.25. The number of nitrogens with one attached hydrogen (secondary N) is 1. The monoisotopic (exact) mass is 380 g/mol. The molecule has 0 amide bonds. The van der Waals surface area contributed by atoms with Gasteiger partial charge in [0.2, 0.25) is 5.82 Å². The first-order chi connectivity index (χ1) is 13.2. The molecule has 2 heterocycles. The molecular formula is C20H17ClN4O2. The average Bonchev–Trinajstić information content (AvgIpc) is 3.32. The Labute approximate surface area is 161 Å². The number of hydrogen-bond acceptors (Lipinski definition) is 5. The highest BCUT2D eigenvalue weighted by molar-refractivity contribution is 6.32. The normalized spacial score (nSPS) is 10.9. The number of hydrogen-bond donors (Lipinski definition) is 1. The molecule has 136 valence electrons. The Morgan fingerprint density at radius 1 is 1.15 bits per heavy atom. The van der Waals surface area contributed by atoms with Crippen LogP contribution >= 0.6 is 11.6 Å². The number of aromatic amines is 1. The molecule has 0 spiro atoms. The Bertz CT molecular complexity index is 1090. The Morgan fingerprint density at radius 2 is 2.04 bits per heavy atom. The lowest BCUT2D eigenvalue weighted by molar-refractivity contribution is 0.340. The standard InChI is InChI=1S/C20H17ClN4O2/c1-3-26-17-8-7-13(10-16(17)21)18-15(11-22-24-18)20-23-19(25-27-20)14-6-4-5-12(2)9-14/h4-11H,3H2,1-2H3,(H,22,24). The molecule has 0 radical (unpaired) electrons. The molecule has 4 aromatic rings. The maximum atomic E-state index is 6.31. The summed E-state index contributed by atoms with van der Waals surface area (Å²) in [4.78, 5) is 4.52. The fraction of sp³-hybridized carbons (Fsp3) is 0.150. The molecule has 2 aromatic heterocycles. The van der Waals surface area contributed by atoms with Gasteiger partial charge >= 0.3 is 0 Å². The number of benzene rings is 2. The van der Waals surface area contributed by atoms with E-state index in [1.54, 1.807) is 6.20 Å². The molecule has 2 aromatic carbocycles. The zero-order valence-electron chi connectivity index (χ0n) is 14.9. The number of aromatic nitrogens is 4. The van der Waals surface area contributed by atoms with Crippen LogP contribution in [0.15, 0.2) is 53.2 Å². The molecule has 0 atom stereocenters. The molecule has 0 unspecified atom stereocenters. The van der Waals surface area contributed by atoms with Crippen molar-refractivity contribution in [3.8, 4) is 39.8 Å². The van der Waals surface area contributed by atoms with Gasteiger partial charge < -0.3 is 9.26 Å². The molecule has 0 aliphatic carbocycles. The molecule has 0 aliphatic heterocycles. The van der Waals surface area contributed by atoms with Crippen molar-refractivity contribution in [1.82, 2.24) is 20.3 Å². The highest BCUT2D eigenvalue weighted by Gasteiger charge is 2.18. The lowest BCUT2D eigenvalue weighted by Gasteiger charge is -2.07. The first kappa shape index (κ1) is 17.3. The van der Waals surface area contributed by atoms with E-state index in [9.17, 15) is 0 Å². The van der Waals surface area contributed by atoms with Gasteiger partial charge in [0.1, 0.15) is 5.75 Å². The van der Waals surface area contributed by atoms with Gasteiger partial charge in [0.05, 0.1) is 29.1 Å². The summed E-state index contributed by atoms with van der Waals surface area (Å²) < 4.78 is 11.0. The van der Waals surface area contributed by atoms with Gasteiger partial charge in [-0.1, -0.05) is 40.5 Å². The highest BCUT2D eigenvalue weighted by atomic mass is 35.5. The first-order valence-corrected chi connectivity index (χ1v) is 8.90. The van der Waals surface area contributed by atoms with Crippen LogP contribution in [-0.4, -0.2) is 26.9 Å². The zero-order valence-corrected chi connectivity index (χ0v) is 15.6. The van der Waals surface area contributed by atoms with Crippen molar-refractivity contribution in [3.63, 3.8) is 0 Å². The largest absolute Gasteiger partial charge is 0.492 e. The van der Waals surface area contributed by atoms with Gasteiger partial charge in [-0.3, -0.25) is 5.10 Å². The topological polar surface area (TPSA) is 76.8 Å². The summed E-state index contributed by atoms with van der Waals surface area (Å²) in [7, 11) is 0. The Kier molecular flexibility index (Phi) is 4.64. The van der Waals surface area contributed by atoms with Crippen LogP contribution in [0.3, 0.4) is 0 Å². The van der Waals surface area contributed by atoms with Gasteiger partial charge in [-0.25, -0.2) is 0 Å². The maximum absolute atomic E-state index is 6.31. The van der Waals surface area contributed by atoms with E-state index in [4.69, 9.17) is 20.9 Å². The lowest BCUT2D eigenvalue weighted by Crippen LogP contribution is -1.92. The lowest BCUT2D eigenvalue weighted by atomic mass is 10.1. The molecule has 0 fully saturated rings. The van der Waals surface area contributed by atoms with E-state index in [-0.39, 0.29) is 0 Å². The van der Waals surface area contributed by atoms with Crippen LogP contribution in [-0.2, 0) is 0 Å². The Morgan fingerprint density at radius 3 is 2.81 bits per heavy atom. The Balaban J connectivity index is 1.70. The molecule has 0 saturated carbocycles. The van der Waals surface area contributed by atoms with Gasteiger partial charge in [-0.2, -0.15) is 10.1 Å². The van der Waals surface area contributed by atoms with E-state index in [0.29, 0.717) is 34.7 Å².